The van der Waals surface area contributed by atoms with Crippen molar-refractivity contribution in [3.63, 3.8) is 0 Å². The van der Waals surface area contributed by atoms with Crippen molar-refractivity contribution < 1.29 is 32.9 Å². The standard InChI is InChI=1S/C27H24FN3O6/c1-34-23-10-7-18(13-29-23)25-24(26(32)35-14-17-3-2-4-19(28)11-17)20(30-27(33)31-25)8-5-16-6-9-21-22(12-16)37-15-36-21/h2-4,6-7,9-13,25H,5,8,14-15H2,1H3,(H2,30,31,33). The number of fused-ring (bicyclic) bond motifs is 1. The van der Waals surface area contributed by atoms with Gasteiger partial charge in [0.2, 0.25) is 12.7 Å². The van der Waals surface area contributed by atoms with E-state index in [9.17, 15) is 14.0 Å². The molecule has 2 amide bonds. The minimum Gasteiger partial charge on any atom is -0.481 e. The number of hydrogen-bond acceptors (Lipinski definition) is 7. The lowest BCUT2D eigenvalue weighted by Crippen LogP contribution is -2.46. The topological polar surface area (TPSA) is 108 Å². The first-order valence-electron chi connectivity index (χ1n) is 11.6. The third-order valence-electron chi connectivity index (χ3n) is 6.03. The summed E-state index contributed by atoms with van der Waals surface area (Å²) in [5.41, 5.74) is 2.69. The van der Waals surface area contributed by atoms with E-state index in [1.807, 2.05) is 18.2 Å². The lowest BCUT2D eigenvalue weighted by Gasteiger charge is -2.29. The zero-order chi connectivity index (χ0) is 25.8. The second kappa shape index (κ2) is 10.6. The molecule has 1 atom stereocenters. The number of aryl methyl sites for hydroxylation is 1. The first-order chi connectivity index (χ1) is 18.0. The Morgan fingerprint density at radius 2 is 1.95 bits per heavy atom. The molecular formula is C27H24FN3O6. The van der Waals surface area contributed by atoms with Crippen LogP contribution < -0.4 is 24.8 Å². The Balaban J connectivity index is 1.44. The summed E-state index contributed by atoms with van der Waals surface area (Å²) in [6, 6.07) is 13.5. The van der Waals surface area contributed by atoms with E-state index in [1.165, 1.54) is 25.4 Å². The number of hydrogen-bond donors (Lipinski definition) is 2. The number of carbonyl (C=O) groups is 2. The van der Waals surface area contributed by atoms with Crippen molar-refractivity contribution >= 4 is 12.0 Å². The van der Waals surface area contributed by atoms with E-state index in [2.05, 4.69) is 15.6 Å². The maximum Gasteiger partial charge on any atom is 0.338 e. The van der Waals surface area contributed by atoms with Gasteiger partial charge in [-0.1, -0.05) is 18.2 Å². The summed E-state index contributed by atoms with van der Waals surface area (Å²) in [5.74, 6) is 0.653. The van der Waals surface area contributed by atoms with Crippen LogP contribution in [0.3, 0.4) is 0 Å². The van der Waals surface area contributed by atoms with Crippen molar-refractivity contribution in [2.75, 3.05) is 13.9 Å². The molecule has 2 aliphatic rings. The molecule has 9 nitrogen and oxygen atoms in total. The Labute approximate surface area is 212 Å². The summed E-state index contributed by atoms with van der Waals surface area (Å²) < 4.78 is 35.1. The fourth-order valence-electron chi connectivity index (χ4n) is 4.21. The first-order valence-corrected chi connectivity index (χ1v) is 11.6. The highest BCUT2D eigenvalue weighted by Gasteiger charge is 2.34. The van der Waals surface area contributed by atoms with Crippen LogP contribution in [0.2, 0.25) is 0 Å². The molecule has 1 aromatic heterocycles. The molecule has 0 saturated carbocycles. The molecule has 5 rings (SSSR count). The number of amides is 2. The molecule has 3 aromatic rings. The van der Waals surface area contributed by atoms with Gasteiger partial charge in [-0.15, -0.1) is 0 Å². The van der Waals surface area contributed by atoms with Crippen molar-refractivity contribution in [3.8, 4) is 17.4 Å². The largest absolute Gasteiger partial charge is 0.481 e. The summed E-state index contributed by atoms with van der Waals surface area (Å²) in [6.07, 6.45) is 2.39. The predicted molar refractivity (Wildman–Crippen MR) is 129 cm³/mol. The van der Waals surface area contributed by atoms with Crippen molar-refractivity contribution in [1.82, 2.24) is 15.6 Å². The zero-order valence-electron chi connectivity index (χ0n) is 20.0. The summed E-state index contributed by atoms with van der Waals surface area (Å²) >= 11 is 0. The number of benzene rings is 2. The average molecular weight is 506 g/mol. The quantitative estimate of drug-likeness (QED) is 0.447. The Morgan fingerprint density at radius 1 is 1.08 bits per heavy atom. The SMILES string of the molecule is COc1ccc(C2NC(=O)NC(CCc3ccc4c(c3)OCO4)=C2C(=O)OCc2cccc(F)c2)cn1. The van der Waals surface area contributed by atoms with Crippen LogP contribution >= 0.6 is 0 Å². The maximum atomic E-state index is 13.6. The third kappa shape index (κ3) is 5.48. The van der Waals surface area contributed by atoms with Crippen molar-refractivity contribution in [2.24, 2.45) is 0 Å². The van der Waals surface area contributed by atoms with Gasteiger partial charge < -0.3 is 29.6 Å². The highest BCUT2D eigenvalue weighted by molar-refractivity contribution is 5.95. The lowest BCUT2D eigenvalue weighted by molar-refractivity contribution is -0.140. The number of nitrogens with zero attached hydrogens (tertiary/aromatic N) is 1. The van der Waals surface area contributed by atoms with Crippen molar-refractivity contribution in [3.05, 3.63) is 94.6 Å². The smallest absolute Gasteiger partial charge is 0.338 e. The van der Waals surface area contributed by atoms with Gasteiger partial charge in [-0.2, -0.15) is 0 Å². The van der Waals surface area contributed by atoms with Crippen LogP contribution in [0.15, 0.2) is 72.1 Å². The zero-order valence-corrected chi connectivity index (χ0v) is 20.0. The van der Waals surface area contributed by atoms with E-state index in [1.54, 1.807) is 24.3 Å². The molecule has 1 unspecified atom stereocenters. The van der Waals surface area contributed by atoms with E-state index in [0.29, 0.717) is 47.0 Å². The van der Waals surface area contributed by atoms with E-state index >= 15 is 0 Å². The van der Waals surface area contributed by atoms with E-state index in [4.69, 9.17) is 18.9 Å². The molecule has 2 N–H and O–H groups in total. The van der Waals surface area contributed by atoms with Gasteiger partial charge in [0.05, 0.1) is 18.7 Å². The number of aromatic nitrogens is 1. The molecule has 37 heavy (non-hydrogen) atoms. The molecule has 0 saturated heterocycles. The highest BCUT2D eigenvalue weighted by Crippen LogP contribution is 2.34. The van der Waals surface area contributed by atoms with Crippen molar-refractivity contribution in [1.29, 1.82) is 0 Å². The number of pyridine rings is 1. The molecular weight excluding hydrogens is 481 g/mol. The van der Waals surface area contributed by atoms with Crippen LogP contribution in [0.25, 0.3) is 0 Å². The molecule has 10 heteroatoms. The summed E-state index contributed by atoms with van der Waals surface area (Å²) in [7, 11) is 1.50. The molecule has 2 aromatic carbocycles. The molecule has 190 valence electrons. The molecule has 3 heterocycles. The number of esters is 1. The molecule has 0 spiro atoms. The Bertz CT molecular complexity index is 1360. The van der Waals surface area contributed by atoms with Gasteiger partial charge in [-0.3, -0.25) is 0 Å². The van der Waals surface area contributed by atoms with Crippen molar-refractivity contribution in [2.45, 2.75) is 25.5 Å². The van der Waals surface area contributed by atoms with Gasteiger partial charge in [0.1, 0.15) is 12.4 Å². The normalized spacial score (nSPS) is 16.2. The minimum absolute atomic E-state index is 0.128. The molecule has 2 aliphatic heterocycles. The van der Waals surface area contributed by atoms with Crippen LogP contribution in [0.1, 0.15) is 29.2 Å². The average Bonchev–Trinajstić information content (AvgIpc) is 3.38. The molecule has 0 bridgehead atoms. The first kappa shape index (κ1) is 24.1. The van der Waals surface area contributed by atoms with Gasteiger partial charge >= 0.3 is 12.0 Å². The number of methoxy groups -OCH3 is 1. The number of nitrogens with one attached hydrogen (secondary N) is 2. The third-order valence-corrected chi connectivity index (χ3v) is 6.03. The molecule has 0 aliphatic carbocycles. The number of urea groups is 1. The second-order valence-corrected chi connectivity index (χ2v) is 8.45. The highest BCUT2D eigenvalue weighted by atomic mass is 19.1. The van der Waals surface area contributed by atoms with Crippen LogP contribution in [0.4, 0.5) is 9.18 Å². The summed E-state index contributed by atoms with van der Waals surface area (Å²) in [6.45, 7) is 0.0433. The Hall–Kier alpha value is -4.60. The number of allylic oxidation sites excluding steroid dienone is 1. The predicted octanol–water partition coefficient (Wildman–Crippen LogP) is 3.94. The lowest BCUT2D eigenvalue weighted by atomic mass is 9.94. The van der Waals surface area contributed by atoms with Gasteiger partial charge in [-0.25, -0.2) is 19.0 Å². The number of rotatable bonds is 8. The fraction of sp³-hybridized carbons (Fsp3) is 0.222. The van der Waals surface area contributed by atoms with Crippen LogP contribution in [-0.2, 0) is 22.6 Å². The van der Waals surface area contributed by atoms with Gasteiger partial charge in [0, 0.05) is 18.0 Å². The van der Waals surface area contributed by atoms with Crippen LogP contribution in [-0.4, -0.2) is 30.9 Å². The van der Waals surface area contributed by atoms with E-state index in [-0.39, 0.29) is 19.0 Å². The maximum absolute atomic E-state index is 13.6. The fourth-order valence-corrected chi connectivity index (χ4v) is 4.21. The minimum atomic E-state index is -0.807. The molecule has 0 fully saturated rings. The van der Waals surface area contributed by atoms with Gasteiger partial charge in [0.25, 0.3) is 0 Å². The van der Waals surface area contributed by atoms with Crippen LogP contribution in [0, 0.1) is 5.82 Å². The molecule has 0 radical (unpaired) electrons. The second-order valence-electron chi connectivity index (χ2n) is 8.45. The number of ether oxygens (including phenoxy) is 4. The number of carbonyl (C=O) groups excluding carboxylic acids is 2. The monoisotopic (exact) mass is 505 g/mol. The van der Waals surface area contributed by atoms with Gasteiger partial charge in [-0.05, 0) is 59.9 Å². The van der Waals surface area contributed by atoms with Crippen LogP contribution in [0.5, 0.6) is 17.4 Å². The van der Waals surface area contributed by atoms with E-state index in [0.717, 1.165) is 5.56 Å². The number of halogens is 1. The van der Waals surface area contributed by atoms with E-state index < -0.39 is 23.9 Å². The summed E-state index contributed by atoms with van der Waals surface area (Å²) in [4.78, 5) is 30.2. The Kier molecular flexibility index (Phi) is 6.89. The summed E-state index contributed by atoms with van der Waals surface area (Å²) in [5, 5.41) is 5.55. The Morgan fingerprint density at radius 3 is 2.73 bits per heavy atom. The van der Waals surface area contributed by atoms with Gasteiger partial charge in [0.15, 0.2) is 11.5 Å².